The fraction of sp³-hybridized carbons (Fsp3) is 0.875. The highest BCUT2D eigenvalue weighted by Crippen LogP contribution is 2.04. The Bertz CT molecular complexity index is 81.3. The summed E-state index contributed by atoms with van der Waals surface area (Å²) in [6.07, 6.45) is 5.45. The molecular formula is C8H15O2. The largest absolute Gasteiger partial charge is 0.393 e. The highest BCUT2D eigenvalue weighted by molar-refractivity contribution is 5.51. The summed E-state index contributed by atoms with van der Waals surface area (Å²) in [4.78, 5) is 9.76. The van der Waals surface area contributed by atoms with E-state index in [9.17, 15) is 4.79 Å². The second-order valence-electron chi connectivity index (χ2n) is 2.50. The van der Waals surface area contributed by atoms with Crippen LogP contribution in [0.3, 0.4) is 0 Å². The first kappa shape index (κ1) is 9.63. The van der Waals surface area contributed by atoms with Gasteiger partial charge in [0.2, 0.25) is 6.29 Å². The summed E-state index contributed by atoms with van der Waals surface area (Å²) in [6, 6.07) is 0. The first-order valence-corrected chi connectivity index (χ1v) is 3.84. The third kappa shape index (κ3) is 5.76. The average Bonchev–Trinajstić information content (AvgIpc) is 1.89. The molecule has 0 saturated heterocycles. The molecule has 0 aromatic heterocycles. The molecule has 59 valence electrons. The van der Waals surface area contributed by atoms with Crippen LogP contribution >= 0.6 is 0 Å². The number of carbonyl (C=O) groups excluding carboxylic acids is 1. The minimum atomic E-state index is -0.455. The van der Waals surface area contributed by atoms with E-state index in [1.807, 2.05) is 0 Å². The van der Waals surface area contributed by atoms with Crippen molar-refractivity contribution in [3.05, 3.63) is 0 Å². The zero-order chi connectivity index (χ0) is 7.82. The Kier molecular flexibility index (Phi) is 6.50. The molecule has 0 amide bonds. The van der Waals surface area contributed by atoms with Crippen molar-refractivity contribution in [2.45, 2.75) is 45.1 Å². The maximum absolute atomic E-state index is 9.76. The predicted molar refractivity (Wildman–Crippen MR) is 40.5 cm³/mol. The molecule has 0 aromatic rings. The molecule has 0 aliphatic carbocycles. The van der Waals surface area contributed by atoms with E-state index in [1.165, 1.54) is 0 Å². The van der Waals surface area contributed by atoms with Crippen molar-refractivity contribution in [3.8, 4) is 0 Å². The van der Waals surface area contributed by atoms with Gasteiger partial charge in [-0.3, -0.25) is 4.79 Å². The zero-order valence-corrected chi connectivity index (χ0v) is 6.47. The van der Waals surface area contributed by atoms with Gasteiger partial charge in [-0.15, -0.1) is 0 Å². The highest BCUT2D eigenvalue weighted by atomic mass is 16.3. The first-order valence-electron chi connectivity index (χ1n) is 3.84. The number of aliphatic hydroxyl groups excluding tert-OH is 1. The van der Waals surface area contributed by atoms with Crippen LogP contribution in [-0.2, 0) is 4.79 Å². The Morgan fingerprint density at radius 2 is 2.20 bits per heavy atom. The molecule has 0 rings (SSSR count). The molecule has 2 heteroatoms. The second-order valence-corrected chi connectivity index (χ2v) is 2.50. The maximum atomic E-state index is 9.76. The van der Waals surface area contributed by atoms with Crippen molar-refractivity contribution in [1.29, 1.82) is 0 Å². The predicted octanol–water partition coefficient (Wildman–Crippen LogP) is 1.43. The van der Waals surface area contributed by atoms with Gasteiger partial charge in [-0.1, -0.05) is 26.2 Å². The van der Waals surface area contributed by atoms with Gasteiger partial charge in [-0.2, -0.15) is 0 Å². The number of hydrogen-bond acceptors (Lipinski definition) is 2. The van der Waals surface area contributed by atoms with Gasteiger partial charge in [-0.25, -0.2) is 0 Å². The fourth-order valence-corrected chi connectivity index (χ4v) is 0.828. The third-order valence-electron chi connectivity index (χ3n) is 1.46. The summed E-state index contributed by atoms with van der Waals surface area (Å²) in [6.45, 7) is 2.11. The van der Waals surface area contributed by atoms with Crippen molar-refractivity contribution >= 4 is 6.29 Å². The Labute approximate surface area is 62.2 Å². The van der Waals surface area contributed by atoms with E-state index in [0.717, 1.165) is 25.7 Å². The molecule has 0 aliphatic rings. The molecule has 0 bridgehead atoms. The van der Waals surface area contributed by atoms with Crippen LogP contribution in [0.4, 0.5) is 0 Å². The van der Waals surface area contributed by atoms with Crippen molar-refractivity contribution in [2.75, 3.05) is 0 Å². The molecule has 1 unspecified atom stereocenters. The summed E-state index contributed by atoms with van der Waals surface area (Å²) in [5.74, 6) is 0. The zero-order valence-electron chi connectivity index (χ0n) is 6.47. The monoisotopic (exact) mass is 143 g/mol. The maximum Gasteiger partial charge on any atom is 0.201 e. The molecule has 1 N–H and O–H groups in total. The average molecular weight is 143 g/mol. The van der Waals surface area contributed by atoms with Crippen LogP contribution in [-0.4, -0.2) is 17.5 Å². The van der Waals surface area contributed by atoms with E-state index in [4.69, 9.17) is 5.11 Å². The van der Waals surface area contributed by atoms with Gasteiger partial charge >= 0.3 is 0 Å². The van der Waals surface area contributed by atoms with Gasteiger partial charge in [0.05, 0.1) is 6.10 Å². The van der Waals surface area contributed by atoms with E-state index in [2.05, 4.69) is 6.92 Å². The molecule has 0 aliphatic heterocycles. The quantitative estimate of drug-likeness (QED) is 0.571. The lowest BCUT2D eigenvalue weighted by atomic mass is 10.1. The molecule has 10 heavy (non-hydrogen) atoms. The number of rotatable bonds is 6. The number of aliphatic hydroxyl groups is 1. The molecule has 1 atom stereocenters. The van der Waals surface area contributed by atoms with Gasteiger partial charge in [0, 0.05) is 6.42 Å². The second kappa shape index (κ2) is 6.75. The van der Waals surface area contributed by atoms with Crippen LogP contribution < -0.4 is 0 Å². The van der Waals surface area contributed by atoms with Crippen LogP contribution in [0.15, 0.2) is 0 Å². The fourth-order valence-electron chi connectivity index (χ4n) is 0.828. The first-order chi connectivity index (χ1) is 4.81. The van der Waals surface area contributed by atoms with E-state index in [-0.39, 0.29) is 6.42 Å². The molecule has 0 heterocycles. The number of hydrogen-bond donors (Lipinski definition) is 1. The number of unbranched alkanes of at least 4 members (excludes halogenated alkanes) is 2. The van der Waals surface area contributed by atoms with E-state index < -0.39 is 6.10 Å². The lowest BCUT2D eigenvalue weighted by molar-refractivity contribution is 0.167. The molecular weight excluding hydrogens is 128 g/mol. The van der Waals surface area contributed by atoms with Crippen LogP contribution in [0.5, 0.6) is 0 Å². The van der Waals surface area contributed by atoms with Crippen LogP contribution in [0.25, 0.3) is 0 Å². The van der Waals surface area contributed by atoms with Gasteiger partial charge in [0.15, 0.2) is 0 Å². The summed E-state index contributed by atoms with van der Waals surface area (Å²) >= 11 is 0. The summed E-state index contributed by atoms with van der Waals surface area (Å²) < 4.78 is 0. The topological polar surface area (TPSA) is 37.3 Å². The molecule has 2 nitrogen and oxygen atoms in total. The minimum Gasteiger partial charge on any atom is -0.393 e. The molecule has 0 fully saturated rings. The van der Waals surface area contributed by atoms with Gasteiger partial charge in [0.25, 0.3) is 0 Å². The lowest BCUT2D eigenvalue weighted by Crippen LogP contribution is -2.06. The van der Waals surface area contributed by atoms with E-state index in [1.54, 1.807) is 6.29 Å². The van der Waals surface area contributed by atoms with Crippen LogP contribution in [0.2, 0.25) is 0 Å². The summed E-state index contributed by atoms with van der Waals surface area (Å²) in [5, 5.41) is 9.01. The van der Waals surface area contributed by atoms with Crippen molar-refractivity contribution in [3.63, 3.8) is 0 Å². The Morgan fingerprint density at radius 1 is 1.50 bits per heavy atom. The van der Waals surface area contributed by atoms with Crippen molar-refractivity contribution in [1.82, 2.24) is 0 Å². The lowest BCUT2D eigenvalue weighted by Gasteiger charge is -2.03. The molecule has 0 aromatic carbocycles. The van der Waals surface area contributed by atoms with Gasteiger partial charge in [-0.05, 0) is 6.42 Å². The van der Waals surface area contributed by atoms with Gasteiger partial charge in [0.1, 0.15) is 0 Å². The smallest absolute Gasteiger partial charge is 0.201 e. The van der Waals surface area contributed by atoms with Crippen LogP contribution in [0, 0.1) is 0 Å². The SMILES string of the molecule is CCCCCC(O)C[C]=O. The van der Waals surface area contributed by atoms with E-state index in [0.29, 0.717) is 0 Å². The molecule has 0 spiro atoms. The Balaban J connectivity index is 3.04. The minimum absolute atomic E-state index is 0.170. The normalized spacial score (nSPS) is 13.0. The van der Waals surface area contributed by atoms with E-state index >= 15 is 0 Å². The standard InChI is InChI=1S/C8H15O2/c1-2-3-4-5-8(10)6-7-9/h8,10H,2-6H2,1H3. The van der Waals surface area contributed by atoms with Crippen molar-refractivity contribution in [2.24, 2.45) is 0 Å². The van der Waals surface area contributed by atoms with Gasteiger partial charge < -0.3 is 5.11 Å². The summed E-state index contributed by atoms with van der Waals surface area (Å²) in [7, 11) is 0. The highest BCUT2D eigenvalue weighted by Gasteiger charge is 2.01. The van der Waals surface area contributed by atoms with Crippen molar-refractivity contribution < 1.29 is 9.90 Å². The molecule has 0 saturated carbocycles. The molecule has 1 radical (unpaired) electrons. The van der Waals surface area contributed by atoms with Crippen LogP contribution in [0.1, 0.15) is 39.0 Å². The Hall–Kier alpha value is -0.370. The Morgan fingerprint density at radius 3 is 2.70 bits per heavy atom. The third-order valence-corrected chi connectivity index (χ3v) is 1.46. The summed E-state index contributed by atoms with van der Waals surface area (Å²) in [5.41, 5.74) is 0.